The molecule has 0 radical (unpaired) electrons. The van der Waals surface area contributed by atoms with Crippen molar-refractivity contribution in [3.8, 4) is 0 Å². The Morgan fingerprint density at radius 2 is 1.56 bits per heavy atom. The van der Waals surface area contributed by atoms with E-state index in [0.29, 0.717) is 0 Å². The van der Waals surface area contributed by atoms with Crippen LogP contribution in [-0.2, 0) is 0 Å². The zero-order chi connectivity index (χ0) is 6.10. The molecule has 0 unspecified atom stereocenters. The highest BCUT2D eigenvalue weighted by atomic mass is 15.6. The number of hydrogen-bond donors (Lipinski definition) is 3. The van der Waals surface area contributed by atoms with Crippen LogP contribution in [0.5, 0.6) is 0 Å². The third-order valence-electron chi connectivity index (χ3n) is 1.32. The van der Waals surface area contributed by atoms with E-state index < -0.39 is 0 Å². The smallest absolute Gasteiger partial charge is 0.0750 e. The molecule has 3 heteroatoms. The number of nitrogens with one attached hydrogen (secondary N) is 3. The van der Waals surface area contributed by atoms with Gasteiger partial charge in [-0.2, -0.15) is 0 Å². The number of benzene rings is 1. The van der Waals surface area contributed by atoms with E-state index in [1.165, 1.54) is 0 Å². The van der Waals surface area contributed by atoms with Gasteiger partial charge in [0.2, 0.25) is 0 Å². The molecule has 0 saturated carbocycles. The van der Waals surface area contributed by atoms with Gasteiger partial charge in [0.1, 0.15) is 0 Å². The quantitative estimate of drug-likeness (QED) is 0.485. The number of rotatable bonds is 0. The average Bonchev–Trinajstić information content (AvgIpc) is 2.33. The SMILES string of the molecule is [HH].c1ccc2c(c1)NNN2. The summed E-state index contributed by atoms with van der Waals surface area (Å²) in [6.45, 7) is 0. The van der Waals surface area contributed by atoms with Crippen LogP contribution in [0.3, 0.4) is 0 Å². The first kappa shape index (κ1) is 4.64. The Balaban J connectivity index is 0.000000500. The third kappa shape index (κ3) is 0.622. The molecule has 3 nitrogen and oxygen atoms in total. The molecule has 1 aliphatic rings. The summed E-state index contributed by atoms with van der Waals surface area (Å²) in [6.07, 6.45) is 0. The van der Waals surface area contributed by atoms with E-state index in [0.717, 1.165) is 11.4 Å². The Morgan fingerprint density at radius 1 is 1.00 bits per heavy atom. The molecule has 0 spiro atoms. The molecule has 1 heterocycles. The molecule has 0 aliphatic carbocycles. The Morgan fingerprint density at radius 3 is 2.11 bits per heavy atom. The molecule has 1 aromatic rings. The number of fused-ring (bicyclic) bond motifs is 1. The average molecular weight is 123 g/mol. The van der Waals surface area contributed by atoms with E-state index in [9.17, 15) is 0 Å². The highest BCUT2D eigenvalue weighted by molar-refractivity contribution is 5.70. The zero-order valence-corrected chi connectivity index (χ0v) is 4.81. The van der Waals surface area contributed by atoms with Crippen molar-refractivity contribution in [2.45, 2.75) is 0 Å². The molecular formula is C6H9N3. The number of anilines is 2. The minimum atomic E-state index is 0. The fourth-order valence-electron chi connectivity index (χ4n) is 0.867. The van der Waals surface area contributed by atoms with Crippen LogP contribution in [0.25, 0.3) is 0 Å². The standard InChI is InChI=1S/C6H7N3.H2/c1-2-4-6-5(3-1)7-9-8-6;/h1-4,7-9H;1H. The molecule has 0 aromatic heterocycles. The van der Waals surface area contributed by atoms with Gasteiger partial charge in [0.25, 0.3) is 0 Å². The van der Waals surface area contributed by atoms with Crippen molar-refractivity contribution in [1.82, 2.24) is 5.53 Å². The second-order valence-electron chi connectivity index (χ2n) is 1.92. The van der Waals surface area contributed by atoms with Crippen LogP contribution in [0.4, 0.5) is 11.4 Å². The lowest BCUT2D eigenvalue weighted by atomic mass is 10.3. The maximum atomic E-state index is 2.94. The first-order valence-electron chi connectivity index (χ1n) is 2.83. The fraction of sp³-hybridized carbons (Fsp3) is 0. The summed E-state index contributed by atoms with van der Waals surface area (Å²) in [7, 11) is 0. The van der Waals surface area contributed by atoms with Crippen molar-refractivity contribution in [3.63, 3.8) is 0 Å². The van der Waals surface area contributed by atoms with Gasteiger partial charge >= 0.3 is 0 Å². The molecular weight excluding hydrogens is 114 g/mol. The lowest BCUT2D eigenvalue weighted by Crippen LogP contribution is -2.19. The Hall–Kier alpha value is -1.22. The highest BCUT2D eigenvalue weighted by Gasteiger charge is 2.04. The summed E-state index contributed by atoms with van der Waals surface area (Å²) in [5.74, 6) is 0. The minimum Gasteiger partial charge on any atom is -0.302 e. The Labute approximate surface area is 54.5 Å². The normalized spacial score (nSPS) is 13.8. The third-order valence-corrected chi connectivity index (χ3v) is 1.32. The highest BCUT2D eigenvalue weighted by Crippen LogP contribution is 2.21. The molecule has 9 heavy (non-hydrogen) atoms. The molecule has 0 fully saturated rings. The van der Waals surface area contributed by atoms with E-state index in [4.69, 9.17) is 0 Å². The largest absolute Gasteiger partial charge is 0.302 e. The van der Waals surface area contributed by atoms with Crippen LogP contribution in [0.1, 0.15) is 1.43 Å². The summed E-state index contributed by atoms with van der Waals surface area (Å²) >= 11 is 0. The van der Waals surface area contributed by atoms with Crippen LogP contribution in [0.2, 0.25) is 0 Å². The van der Waals surface area contributed by atoms with Gasteiger partial charge in [-0.3, -0.25) is 0 Å². The molecule has 1 aromatic carbocycles. The molecule has 1 aliphatic heterocycles. The molecule has 0 saturated heterocycles. The molecule has 0 amide bonds. The minimum absolute atomic E-state index is 0. The summed E-state index contributed by atoms with van der Waals surface area (Å²) in [5.41, 5.74) is 10.9. The molecule has 48 valence electrons. The first-order chi connectivity index (χ1) is 4.47. The number of para-hydroxylation sites is 2. The van der Waals surface area contributed by atoms with Gasteiger partial charge in [-0.05, 0) is 12.1 Å². The first-order valence-corrected chi connectivity index (χ1v) is 2.83. The van der Waals surface area contributed by atoms with Crippen molar-refractivity contribution >= 4 is 11.4 Å². The summed E-state index contributed by atoms with van der Waals surface area (Å²) < 4.78 is 0. The number of hydrazine groups is 2. The van der Waals surface area contributed by atoms with Crippen LogP contribution in [0, 0.1) is 0 Å². The van der Waals surface area contributed by atoms with Crippen molar-refractivity contribution in [3.05, 3.63) is 24.3 Å². The second kappa shape index (κ2) is 1.63. The second-order valence-corrected chi connectivity index (χ2v) is 1.92. The van der Waals surface area contributed by atoms with E-state index in [2.05, 4.69) is 16.4 Å². The summed E-state index contributed by atoms with van der Waals surface area (Å²) in [6, 6.07) is 7.98. The van der Waals surface area contributed by atoms with Crippen molar-refractivity contribution < 1.29 is 1.43 Å². The Bertz CT molecular complexity index is 203. The van der Waals surface area contributed by atoms with Gasteiger partial charge in [0.15, 0.2) is 0 Å². The lowest BCUT2D eigenvalue weighted by molar-refractivity contribution is 1.01. The molecule has 0 bridgehead atoms. The summed E-state index contributed by atoms with van der Waals surface area (Å²) in [5, 5.41) is 0. The van der Waals surface area contributed by atoms with Crippen LogP contribution in [0.15, 0.2) is 24.3 Å². The predicted molar refractivity (Wildman–Crippen MR) is 38.9 cm³/mol. The fourth-order valence-corrected chi connectivity index (χ4v) is 0.867. The van der Waals surface area contributed by atoms with E-state index in [-0.39, 0.29) is 1.43 Å². The van der Waals surface area contributed by atoms with Gasteiger partial charge in [-0.25, -0.2) is 0 Å². The van der Waals surface area contributed by atoms with E-state index in [1.54, 1.807) is 0 Å². The van der Waals surface area contributed by atoms with Crippen molar-refractivity contribution in [2.24, 2.45) is 0 Å². The number of hydrogen-bond acceptors (Lipinski definition) is 3. The van der Waals surface area contributed by atoms with Gasteiger partial charge in [-0.1, -0.05) is 12.1 Å². The zero-order valence-electron chi connectivity index (χ0n) is 4.81. The Kier molecular flexibility index (Phi) is 0.841. The maximum absolute atomic E-state index is 2.94. The summed E-state index contributed by atoms with van der Waals surface area (Å²) in [4.78, 5) is 0. The molecule has 3 N–H and O–H groups in total. The van der Waals surface area contributed by atoms with Gasteiger partial charge in [0, 0.05) is 1.43 Å². The van der Waals surface area contributed by atoms with Gasteiger partial charge in [-0.15, -0.1) is 5.53 Å². The van der Waals surface area contributed by atoms with Gasteiger partial charge in [0.05, 0.1) is 11.4 Å². The van der Waals surface area contributed by atoms with Gasteiger partial charge < -0.3 is 10.9 Å². The van der Waals surface area contributed by atoms with Crippen LogP contribution >= 0.6 is 0 Å². The lowest BCUT2D eigenvalue weighted by Gasteiger charge is -1.91. The van der Waals surface area contributed by atoms with Crippen molar-refractivity contribution in [2.75, 3.05) is 10.9 Å². The topological polar surface area (TPSA) is 36.1 Å². The van der Waals surface area contributed by atoms with Crippen LogP contribution in [-0.4, -0.2) is 0 Å². The predicted octanol–water partition coefficient (Wildman–Crippen LogP) is 1.19. The van der Waals surface area contributed by atoms with E-state index >= 15 is 0 Å². The van der Waals surface area contributed by atoms with E-state index in [1.807, 2.05) is 24.3 Å². The monoisotopic (exact) mass is 123 g/mol. The van der Waals surface area contributed by atoms with Crippen molar-refractivity contribution in [1.29, 1.82) is 0 Å². The maximum Gasteiger partial charge on any atom is 0.0750 e. The van der Waals surface area contributed by atoms with Crippen LogP contribution < -0.4 is 16.4 Å². The molecule has 2 rings (SSSR count). The molecule has 0 atom stereocenters.